The van der Waals surface area contributed by atoms with E-state index in [1.165, 1.54) is 40.7 Å². The third kappa shape index (κ3) is 9.22. The zero-order valence-electron chi connectivity index (χ0n) is 19.0. The Kier molecular flexibility index (Phi) is 9.90. The van der Waals surface area contributed by atoms with Crippen LogP contribution < -0.4 is 0 Å². The lowest BCUT2D eigenvalue weighted by molar-refractivity contribution is 0.799. The molecule has 0 nitrogen and oxygen atoms in total. The van der Waals surface area contributed by atoms with E-state index < -0.39 is 0 Å². The predicted octanol–water partition coefficient (Wildman–Crippen LogP) is 8.54. The number of hydrogen-bond acceptors (Lipinski definition) is 0. The largest absolute Gasteiger partial charge is 0.0813 e. The van der Waals surface area contributed by atoms with Gasteiger partial charge in [-0.2, -0.15) is 0 Å². The van der Waals surface area contributed by atoms with Gasteiger partial charge in [-0.1, -0.05) is 114 Å². The van der Waals surface area contributed by atoms with Crippen LogP contribution in [0.1, 0.15) is 55.7 Å². The van der Waals surface area contributed by atoms with Crippen molar-refractivity contribution in [3.63, 3.8) is 0 Å². The van der Waals surface area contributed by atoms with Gasteiger partial charge >= 0.3 is 0 Å². The fraction of sp³-hybridized carbons (Fsp3) is 0.290. The molecule has 160 valence electrons. The van der Waals surface area contributed by atoms with E-state index >= 15 is 0 Å². The minimum atomic E-state index is 1.12. The lowest BCUT2D eigenvalue weighted by Gasteiger charge is -2.08. The van der Waals surface area contributed by atoms with Gasteiger partial charge in [0.1, 0.15) is 0 Å². The van der Waals surface area contributed by atoms with Gasteiger partial charge in [0.25, 0.3) is 0 Å². The van der Waals surface area contributed by atoms with Crippen molar-refractivity contribution >= 4 is 0 Å². The molecule has 3 aromatic carbocycles. The van der Waals surface area contributed by atoms with Crippen molar-refractivity contribution in [3.8, 4) is 0 Å². The summed E-state index contributed by atoms with van der Waals surface area (Å²) in [7, 11) is 0. The minimum Gasteiger partial charge on any atom is -0.0813 e. The van der Waals surface area contributed by atoms with E-state index in [2.05, 4.69) is 110 Å². The third-order valence-corrected chi connectivity index (χ3v) is 5.78. The molecular weight excluding hydrogens is 372 g/mol. The van der Waals surface area contributed by atoms with E-state index in [1.807, 2.05) is 0 Å². The van der Waals surface area contributed by atoms with Gasteiger partial charge in [0.2, 0.25) is 0 Å². The number of unbranched alkanes of at least 4 members (excludes halogenated alkanes) is 1. The second-order valence-electron chi connectivity index (χ2n) is 8.47. The summed E-state index contributed by atoms with van der Waals surface area (Å²) in [5, 5.41) is 0. The third-order valence-electron chi connectivity index (χ3n) is 5.78. The Morgan fingerprint density at radius 3 is 1.61 bits per heavy atom. The van der Waals surface area contributed by atoms with Crippen LogP contribution in [-0.2, 0) is 19.3 Å². The van der Waals surface area contributed by atoms with Crippen molar-refractivity contribution < 1.29 is 0 Å². The van der Waals surface area contributed by atoms with Crippen LogP contribution >= 0.6 is 0 Å². The summed E-state index contributed by atoms with van der Waals surface area (Å²) in [5.41, 5.74) is 7.30. The first-order valence-electron chi connectivity index (χ1n) is 11.8. The van der Waals surface area contributed by atoms with Crippen LogP contribution in [0.5, 0.6) is 0 Å². The molecule has 0 aliphatic heterocycles. The molecule has 0 atom stereocenters. The molecule has 0 aromatic heterocycles. The highest BCUT2D eigenvalue weighted by molar-refractivity contribution is 5.25. The summed E-state index contributed by atoms with van der Waals surface area (Å²) in [6.45, 7) is 2.29. The molecule has 0 saturated heterocycles. The monoisotopic (exact) mass is 408 g/mol. The van der Waals surface area contributed by atoms with Gasteiger partial charge in [0, 0.05) is 0 Å². The Hall–Kier alpha value is -2.86. The molecule has 0 unspecified atom stereocenters. The smallest absolute Gasteiger partial charge is 0.0241 e. The summed E-state index contributed by atoms with van der Waals surface area (Å²) in [4.78, 5) is 0. The zero-order chi connectivity index (χ0) is 21.6. The molecular formula is C31H36. The number of allylic oxidation sites excluding steroid dienone is 4. The SMILES string of the molecule is C/C(=C\C(=C\CCCc1ccccc1)CCCc1ccccc1)CCc1ccccc1. The first-order valence-corrected chi connectivity index (χ1v) is 11.8. The van der Waals surface area contributed by atoms with Gasteiger partial charge in [0.15, 0.2) is 0 Å². The molecule has 0 saturated carbocycles. The topological polar surface area (TPSA) is 0 Å². The first-order chi connectivity index (χ1) is 15.3. The van der Waals surface area contributed by atoms with Crippen LogP contribution in [0.3, 0.4) is 0 Å². The van der Waals surface area contributed by atoms with Crippen molar-refractivity contribution in [2.45, 2.75) is 58.3 Å². The van der Waals surface area contributed by atoms with Gasteiger partial charge in [-0.05, 0) is 75.0 Å². The molecule has 0 heteroatoms. The van der Waals surface area contributed by atoms with E-state index in [9.17, 15) is 0 Å². The maximum atomic E-state index is 2.49. The normalized spacial score (nSPS) is 12.2. The van der Waals surface area contributed by atoms with Gasteiger partial charge < -0.3 is 0 Å². The fourth-order valence-electron chi connectivity index (χ4n) is 3.99. The van der Waals surface area contributed by atoms with E-state index in [-0.39, 0.29) is 0 Å². The zero-order valence-corrected chi connectivity index (χ0v) is 19.0. The Morgan fingerprint density at radius 2 is 1.06 bits per heavy atom. The van der Waals surface area contributed by atoms with E-state index in [0.29, 0.717) is 0 Å². The van der Waals surface area contributed by atoms with Crippen LogP contribution in [-0.4, -0.2) is 0 Å². The molecule has 31 heavy (non-hydrogen) atoms. The Balaban J connectivity index is 1.55. The molecule has 0 aliphatic rings. The van der Waals surface area contributed by atoms with Crippen LogP contribution in [0.2, 0.25) is 0 Å². The molecule has 0 heterocycles. The van der Waals surface area contributed by atoms with Gasteiger partial charge in [-0.25, -0.2) is 0 Å². The van der Waals surface area contributed by atoms with E-state index in [1.54, 1.807) is 0 Å². The van der Waals surface area contributed by atoms with Crippen molar-refractivity contribution in [1.82, 2.24) is 0 Å². The van der Waals surface area contributed by atoms with Crippen LogP contribution in [0.4, 0.5) is 0 Å². The lowest BCUT2D eigenvalue weighted by Crippen LogP contribution is -1.91. The van der Waals surface area contributed by atoms with Gasteiger partial charge in [-0.15, -0.1) is 0 Å². The molecule has 0 fully saturated rings. The number of rotatable bonds is 12. The van der Waals surface area contributed by atoms with E-state index in [0.717, 1.165) is 38.5 Å². The highest BCUT2D eigenvalue weighted by atomic mass is 14.1. The summed E-state index contributed by atoms with van der Waals surface area (Å²) in [6.07, 6.45) is 14.2. The highest BCUT2D eigenvalue weighted by Gasteiger charge is 2.00. The number of hydrogen-bond donors (Lipinski definition) is 0. The number of aryl methyl sites for hydroxylation is 3. The second-order valence-corrected chi connectivity index (χ2v) is 8.47. The highest BCUT2D eigenvalue weighted by Crippen LogP contribution is 2.18. The average Bonchev–Trinajstić information content (AvgIpc) is 2.82. The Morgan fingerprint density at radius 1 is 0.581 bits per heavy atom. The van der Waals surface area contributed by atoms with Crippen LogP contribution in [0.15, 0.2) is 114 Å². The summed E-state index contributed by atoms with van der Waals surface area (Å²) >= 11 is 0. The van der Waals surface area contributed by atoms with Crippen LogP contribution in [0, 0.1) is 0 Å². The standard InChI is InChI=1S/C31H36/c1-27(24-25-30-18-9-4-10-19-30)26-31(23-13-22-29-16-7-3-8-17-29)21-12-11-20-28-14-5-2-6-15-28/h2-10,14-19,21,26H,11-13,20,22-25H2,1H3/b27-26+,31-21+. The molecule has 0 bridgehead atoms. The van der Waals surface area contributed by atoms with Crippen molar-refractivity contribution in [3.05, 3.63) is 131 Å². The van der Waals surface area contributed by atoms with Crippen molar-refractivity contribution in [2.24, 2.45) is 0 Å². The van der Waals surface area contributed by atoms with Crippen molar-refractivity contribution in [2.75, 3.05) is 0 Å². The van der Waals surface area contributed by atoms with Gasteiger partial charge in [-0.3, -0.25) is 0 Å². The summed E-state index contributed by atoms with van der Waals surface area (Å²) in [6, 6.07) is 32.5. The summed E-state index contributed by atoms with van der Waals surface area (Å²) < 4.78 is 0. The molecule has 0 aliphatic carbocycles. The Labute approximate surface area is 189 Å². The van der Waals surface area contributed by atoms with E-state index in [4.69, 9.17) is 0 Å². The lowest BCUT2D eigenvalue weighted by atomic mass is 9.98. The summed E-state index contributed by atoms with van der Waals surface area (Å²) in [5.74, 6) is 0. The Bertz CT molecular complexity index is 918. The second kappa shape index (κ2) is 13.4. The average molecular weight is 409 g/mol. The molecule has 0 N–H and O–H groups in total. The maximum Gasteiger partial charge on any atom is -0.0241 e. The predicted molar refractivity (Wildman–Crippen MR) is 135 cm³/mol. The van der Waals surface area contributed by atoms with Crippen molar-refractivity contribution in [1.29, 1.82) is 0 Å². The fourth-order valence-corrected chi connectivity index (χ4v) is 3.99. The maximum absolute atomic E-state index is 2.49. The van der Waals surface area contributed by atoms with Crippen LogP contribution in [0.25, 0.3) is 0 Å². The molecule has 0 spiro atoms. The molecule has 0 amide bonds. The first kappa shape index (κ1) is 22.8. The molecule has 3 rings (SSSR count). The molecule has 0 radical (unpaired) electrons. The number of benzene rings is 3. The molecule has 3 aromatic rings. The minimum absolute atomic E-state index is 1.12. The van der Waals surface area contributed by atoms with Gasteiger partial charge in [0.05, 0.1) is 0 Å². The quantitative estimate of drug-likeness (QED) is 0.208.